The van der Waals surface area contributed by atoms with Crippen molar-refractivity contribution in [2.24, 2.45) is 0 Å². The number of ether oxygens (including phenoxy) is 3. The van der Waals surface area contributed by atoms with Gasteiger partial charge in [0, 0.05) is 0 Å². The Labute approximate surface area is 232 Å². The number of amides is 2. The van der Waals surface area contributed by atoms with E-state index in [1.807, 2.05) is 38.1 Å². The predicted molar refractivity (Wildman–Crippen MR) is 151 cm³/mol. The maximum atomic E-state index is 13.1. The largest absolute Gasteiger partial charge is 0.497 e. The number of methoxy groups -OCH3 is 1. The van der Waals surface area contributed by atoms with Crippen LogP contribution >= 0.6 is 34.4 Å². The Hall–Kier alpha value is -3.31. The van der Waals surface area contributed by atoms with Crippen molar-refractivity contribution in [3.8, 4) is 17.2 Å². The van der Waals surface area contributed by atoms with Gasteiger partial charge in [-0.3, -0.25) is 14.5 Å². The van der Waals surface area contributed by atoms with Crippen LogP contribution in [0.2, 0.25) is 0 Å². The first-order valence-corrected chi connectivity index (χ1v) is 13.3. The molecular weight excluding hydrogens is 605 g/mol. The van der Waals surface area contributed by atoms with Crippen molar-refractivity contribution in [2.75, 3.05) is 13.7 Å². The van der Waals surface area contributed by atoms with Gasteiger partial charge in [-0.25, -0.2) is 4.79 Å². The summed E-state index contributed by atoms with van der Waals surface area (Å²) in [6.07, 6.45) is 1.66. The summed E-state index contributed by atoms with van der Waals surface area (Å²) in [6.45, 7) is 4.34. The van der Waals surface area contributed by atoms with E-state index in [0.29, 0.717) is 37.7 Å². The van der Waals surface area contributed by atoms with Gasteiger partial charge in [-0.15, -0.1) is 0 Å². The Morgan fingerprint density at radius 2 is 1.81 bits per heavy atom. The Balaban J connectivity index is 1.58. The Morgan fingerprint density at radius 3 is 2.49 bits per heavy atom. The van der Waals surface area contributed by atoms with Gasteiger partial charge < -0.3 is 14.2 Å². The zero-order valence-electron chi connectivity index (χ0n) is 20.4. The van der Waals surface area contributed by atoms with Crippen molar-refractivity contribution in [2.45, 2.75) is 20.4 Å². The van der Waals surface area contributed by atoms with Crippen LogP contribution in [-0.4, -0.2) is 35.7 Å². The molecule has 0 bridgehead atoms. The number of benzene rings is 3. The van der Waals surface area contributed by atoms with Crippen molar-refractivity contribution >= 4 is 57.5 Å². The van der Waals surface area contributed by atoms with Gasteiger partial charge in [-0.05, 0) is 107 Å². The molecule has 0 aromatic heterocycles. The van der Waals surface area contributed by atoms with Crippen LogP contribution in [0.25, 0.3) is 6.08 Å². The number of nitrogens with zero attached hydrogens (tertiary/aromatic N) is 1. The molecule has 190 valence electrons. The maximum Gasteiger partial charge on any atom is 0.343 e. The van der Waals surface area contributed by atoms with Crippen LogP contribution in [0.1, 0.15) is 34.0 Å². The van der Waals surface area contributed by atoms with E-state index in [2.05, 4.69) is 22.6 Å². The molecule has 3 aromatic rings. The highest BCUT2D eigenvalue weighted by molar-refractivity contribution is 14.1. The fourth-order valence-corrected chi connectivity index (χ4v) is 5.23. The summed E-state index contributed by atoms with van der Waals surface area (Å²) in [5.74, 6) is 0.399. The summed E-state index contributed by atoms with van der Waals surface area (Å²) in [4.78, 5) is 40.0. The van der Waals surface area contributed by atoms with Crippen molar-refractivity contribution in [3.05, 3.63) is 91.4 Å². The van der Waals surface area contributed by atoms with E-state index in [1.165, 1.54) is 4.90 Å². The van der Waals surface area contributed by atoms with Crippen LogP contribution in [0.5, 0.6) is 17.2 Å². The molecule has 1 saturated heterocycles. The molecule has 1 aliphatic rings. The Bertz CT molecular complexity index is 1390. The van der Waals surface area contributed by atoms with E-state index >= 15 is 0 Å². The summed E-state index contributed by atoms with van der Waals surface area (Å²) in [5, 5.41) is -0.315. The number of aryl methyl sites for hydroxylation is 1. The highest BCUT2D eigenvalue weighted by Crippen LogP contribution is 2.38. The van der Waals surface area contributed by atoms with Crippen LogP contribution in [0.4, 0.5) is 4.79 Å². The standard InChI is InChI=1S/C28H24INO6S/c1-4-35-23-14-18(13-22(29)25(23)36-27(32)19-9-11-21(34-3)12-10-19)15-24-26(31)30(28(33)37-24)16-20-8-6-5-7-17(20)2/h5-15H,4,16H2,1-3H3/b24-15-. The Morgan fingerprint density at radius 1 is 1.08 bits per heavy atom. The quantitative estimate of drug-likeness (QED) is 0.122. The first-order chi connectivity index (χ1) is 17.8. The predicted octanol–water partition coefficient (Wildman–Crippen LogP) is 6.46. The van der Waals surface area contributed by atoms with Gasteiger partial charge in [-0.2, -0.15) is 0 Å². The minimum Gasteiger partial charge on any atom is -0.497 e. The lowest BCUT2D eigenvalue weighted by molar-refractivity contribution is -0.123. The third kappa shape index (κ3) is 6.16. The number of carbonyl (C=O) groups is 3. The third-order valence-corrected chi connectivity index (χ3v) is 7.32. The molecule has 0 radical (unpaired) electrons. The third-order valence-electron chi connectivity index (χ3n) is 5.61. The average molecular weight is 629 g/mol. The lowest BCUT2D eigenvalue weighted by Crippen LogP contribution is -2.27. The fraction of sp³-hybridized carbons (Fsp3) is 0.179. The molecule has 0 unspecified atom stereocenters. The molecule has 0 spiro atoms. The average Bonchev–Trinajstić information content (AvgIpc) is 3.14. The van der Waals surface area contributed by atoms with E-state index in [4.69, 9.17) is 14.2 Å². The summed E-state index contributed by atoms with van der Waals surface area (Å²) < 4.78 is 17.2. The second-order valence-electron chi connectivity index (χ2n) is 8.08. The van der Waals surface area contributed by atoms with Gasteiger partial charge in [-0.1, -0.05) is 24.3 Å². The molecule has 2 amide bonds. The maximum absolute atomic E-state index is 13.1. The number of carbonyl (C=O) groups excluding carboxylic acids is 3. The lowest BCUT2D eigenvalue weighted by Gasteiger charge is -2.14. The van der Waals surface area contributed by atoms with Gasteiger partial charge in [0.05, 0.1) is 34.3 Å². The number of thioether (sulfide) groups is 1. The van der Waals surface area contributed by atoms with Crippen molar-refractivity contribution < 1.29 is 28.6 Å². The zero-order valence-corrected chi connectivity index (χ0v) is 23.4. The van der Waals surface area contributed by atoms with Crippen LogP contribution in [0.15, 0.2) is 65.6 Å². The van der Waals surface area contributed by atoms with Crippen molar-refractivity contribution in [1.82, 2.24) is 4.90 Å². The summed E-state index contributed by atoms with van der Waals surface area (Å²) >= 11 is 2.96. The summed E-state index contributed by atoms with van der Waals surface area (Å²) in [5.41, 5.74) is 2.95. The molecular formula is C28H24INO6S. The smallest absolute Gasteiger partial charge is 0.343 e. The number of rotatable bonds is 8. The Kier molecular flexibility index (Phi) is 8.55. The molecule has 0 aliphatic carbocycles. The first-order valence-electron chi connectivity index (χ1n) is 11.4. The zero-order chi connectivity index (χ0) is 26.5. The first kappa shape index (κ1) is 26.7. The highest BCUT2D eigenvalue weighted by atomic mass is 127. The second-order valence-corrected chi connectivity index (χ2v) is 10.2. The van der Waals surface area contributed by atoms with E-state index in [0.717, 1.165) is 22.9 Å². The number of hydrogen-bond acceptors (Lipinski definition) is 7. The van der Waals surface area contributed by atoms with E-state index in [9.17, 15) is 14.4 Å². The lowest BCUT2D eigenvalue weighted by atomic mass is 10.1. The molecule has 7 nitrogen and oxygen atoms in total. The minimum absolute atomic E-state index is 0.219. The van der Waals surface area contributed by atoms with Gasteiger partial charge in [0.1, 0.15) is 5.75 Å². The molecule has 3 aromatic carbocycles. The topological polar surface area (TPSA) is 82.1 Å². The van der Waals surface area contributed by atoms with E-state index in [1.54, 1.807) is 49.6 Å². The minimum atomic E-state index is -0.536. The summed E-state index contributed by atoms with van der Waals surface area (Å²) in [7, 11) is 1.55. The molecule has 37 heavy (non-hydrogen) atoms. The van der Waals surface area contributed by atoms with Crippen LogP contribution in [0.3, 0.4) is 0 Å². The van der Waals surface area contributed by atoms with E-state index < -0.39 is 5.97 Å². The van der Waals surface area contributed by atoms with Gasteiger partial charge >= 0.3 is 5.97 Å². The second kappa shape index (κ2) is 11.8. The number of hydrogen-bond donors (Lipinski definition) is 0. The van der Waals surface area contributed by atoms with Crippen LogP contribution < -0.4 is 14.2 Å². The normalized spacial score (nSPS) is 14.3. The van der Waals surface area contributed by atoms with Gasteiger partial charge in [0.25, 0.3) is 11.1 Å². The van der Waals surface area contributed by atoms with E-state index in [-0.39, 0.29) is 23.4 Å². The molecule has 9 heteroatoms. The molecule has 1 fully saturated rings. The number of halogens is 1. The fourth-order valence-electron chi connectivity index (χ4n) is 3.66. The highest BCUT2D eigenvalue weighted by Gasteiger charge is 2.35. The van der Waals surface area contributed by atoms with Crippen LogP contribution in [-0.2, 0) is 11.3 Å². The van der Waals surface area contributed by atoms with Crippen molar-refractivity contribution in [1.29, 1.82) is 0 Å². The molecule has 1 heterocycles. The SMILES string of the molecule is CCOc1cc(/C=C2\SC(=O)N(Cc3ccccc3C)C2=O)cc(I)c1OC(=O)c1ccc(OC)cc1. The monoisotopic (exact) mass is 629 g/mol. The molecule has 0 saturated carbocycles. The molecule has 0 atom stereocenters. The number of esters is 1. The van der Waals surface area contributed by atoms with Gasteiger partial charge in [0.2, 0.25) is 0 Å². The van der Waals surface area contributed by atoms with Gasteiger partial charge in [0.15, 0.2) is 11.5 Å². The molecule has 1 aliphatic heterocycles. The number of imide groups is 1. The van der Waals surface area contributed by atoms with Crippen molar-refractivity contribution in [3.63, 3.8) is 0 Å². The summed E-state index contributed by atoms with van der Waals surface area (Å²) in [6, 6.07) is 17.7. The molecule has 4 rings (SSSR count). The van der Waals surface area contributed by atoms with Crippen LogP contribution in [0, 0.1) is 10.5 Å². The molecule has 0 N–H and O–H groups in total.